The van der Waals surface area contributed by atoms with Gasteiger partial charge in [0.05, 0.1) is 0 Å². The van der Waals surface area contributed by atoms with Gasteiger partial charge >= 0.3 is 0 Å². The average molecular weight is 299 g/mol. The number of benzene rings is 1. The Hall–Kier alpha value is -2.03. The van der Waals surface area contributed by atoms with Crippen molar-refractivity contribution < 1.29 is 9.53 Å². The van der Waals surface area contributed by atoms with E-state index in [4.69, 9.17) is 4.74 Å². The fourth-order valence-electron chi connectivity index (χ4n) is 2.66. The zero-order valence-electron chi connectivity index (χ0n) is 13.1. The van der Waals surface area contributed by atoms with Gasteiger partial charge in [-0.2, -0.15) is 0 Å². The van der Waals surface area contributed by atoms with Gasteiger partial charge in [0.15, 0.2) is 6.61 Å². The van der Waals surface area contributed by atoms with Crippen molar-refractivity contribution >= 4 is 5.91 Å². The van der Waals surface area contributed by atoms with E-state index in [1.807, 2.05) is 30.3 Å². The summed E-state index contributed by atoms with van der Waals surface area (Å²) >= 11 is 0. The zero-order valence-corrected chi connectivity index (χ0v) is 13.1. The number of hydrogen-bond donors (Lipinski definition) is 1. The van der Waals surface area contributed by atoms with Crippen LogP contribution in [0.25, 0.3) is 0 Å². The largest absolute Gasteiger partial charge is 0.483 e. The summed E-state index contributed by atoms with van der Waals surface area (Å²) in [6, 6.07) is 7.75. The van der Waals surface area contributed by atoms with Crippen LogP contribution in [0, 0.1) is 0 Å². The minimum absolute atomic E-state index is 0.0627. The molecule has 1 aromatic rings. The molecule has 0 saturated heterocycles. The summed E-state index contributed by atoms with van der Waals surface area (Å²) in [5.41, 5.74) is 2.53. The molecule has 1 aliphatic carbocycles. The number of hydrogen-bond acceptors (Lipinski definition) is 2. The van der Waals surface area contributed by atoms with Crippen LogP contribution in [-0.2, 0) is 11.2 Å². The SMILES string of the molecule is C=CCc1ccccc1OCC(=O)NCCC1=CCCCC1. The standard InChI is InChI=1S/C19H25NO2/c1-2-8-17-11-6-7-12-18(17)22-15-19(21)20-14-13-16-9-4-3-5-10-16/h2,6-7,9,11-12H,1,3-5,8,10,13-15H2,(H,20,21). The van der Waals surface area contributed by atoms with Crippen molar-refractivity contribution in [2.24, 2.45) is 0 Å². The number of carbonyl (C=O) groups excluding carboxylic acids is 1. The van der Waals surface area contributed by atoms with Gasteiger partial charge in [0.1, 0.15) is 5.75 Å². The lowest BCUT2D eigenvalue weighted by Gasteiger charge is -2.13. The van der Waals surface area contributed by atoms with Gasteiger partial charge < -0.3 is 10.1 Å². The summed E-state index contributed by atoms with van der Waals surface area (Å²) in [7, 11) is 0. The highest BCUT2D eigenvalue weighted by Gasteiger charge is 2.07. The molecule has 3 nitrogen and oxygen atoms in total. The summed E-state index contributed by atoms with van der Waals surface area (Å²) in [4.78, 5) is 11.9. The molecule has 118 valence electrons. The van der Waals surface area contributed by atoms with Crippen molar-refractivity contribution in [2.75, 3.05) is 13.2 Å². The maximum Gasteiger partial charge on any atom is 0.257 e. The molecule has 0 heterocycles. The number of rotatable bonds is 8. The second kappa shape index (κ2) is 9.08. The Morgan fingerprint density at radius 1 is 1.32 bits per heavy atom. The first-order valence-corrected chi connectivity index (χ1v) is 8.06. The highest BCUT2D eigenvalue weighted by molar-refractivity contribution is 5.77. The van der Waals surface area contributed by atoms with Crippen molar-refractivity contribution in [3.8, 4) is 5.75 Å². The van der Waals surface area contributed by atoms with Crippen molar-refractivity contribution in [1.82, 2.24) is 5.32 Å². The van der Waals surface area contributed by atoms with Crippen LogP contribution >= 0.6 is 0 Å². The molecule has 0 unspecified atom stereocenters. The first kappa shape index (κ1) is 16.3. The highest BCUT2D eigenvalue weighted by atomic mass is 16.5. The number of para-hydroxylation sites is 1. The van der Waals surface area contributed by atoms with Crippen LogP contribution in [0.4, 0.5) is 0 Å². The quantitative estimate of drug-likeness (QED) is 0.741. The summed E-state index contributed by atoms with van der Waals surface area (Å²) in [5.74, 6) is 0.692. The van der Waals surface area contributed by atoms with Crippen LogP contribution in [0.2, 0.25) is 0 Å². The van der Waals surface area contributed by atoms with Crippen molar-refractivity contribution in [3.05, 3.63) is 54.1 Å². The summed E-state index contributed by atoms with van der Waals surface area (Å²) in [5, 5.41) is 2.93. The van der Waals surface area contributed by atoms with E-state index in [0.29, 0.717) is 6.54 Å². The molecule has 1 N–H and O–H groups in total. The van der Waals surface area contributed by atoms with Gasteiger partial charge in [-0.3, -0.25) is 4.79 Å². The molecule has 3 heteroatoms. The smallest absolute Gasteiger partial charge is 0.257 e. The van der Waals surface area contributed by atoms with Crippen molar-refractivity contribution in [3.63, 3.8) is 0 Å². The molecule has 1 amide bonds. The molecule has 0 aliphatic heterocycles. The van der Waals surface area contributed by atoms with Gasteiger partial charge in [-0.1, -0.05) is 35.9 Å². The van der Waals surface area contributed by atoms with Crippen LogP contribution in [0.5, 0.6) is 5.75 Å². The van der Waals surface area contributed by atoms with E-state index in [1.54, 1.807) is 0 Å². The van der Waals surface area contributed by atoms with E-state index in [0.717, 1.165) is 24.2 Å². The minimum Gasteiger partial charge on any atom is -0.483 e. The maximum atomic E-state index is 11.9. The Kier molecular flexibility index (Phi) is 6.75. The van der Waals surface area contributed by atoms with Crippen LogP contribution in [0.1, 0.15) is 37.7 Å². The summed E-state index contributed by atoms with van der Waals surface area (Å²) in [6.07, 6.45) is 10.8. The molecule has 0 bridgehead atoms. The molecule has 0 fully saturated rings. The Balaban J connectivity index is 1.71. The normalized spacial score (nSPS) is 14.1. The lowest BCUT2D eigenvalue weighted by atomic mass is 9.97. The van der Waals surface area contributed by atoms with E-state index < -0.39 is 0 Å². The summed E-state index contributed by atoms with van der Waals surface area (Å²) < 4.78 is 5.62. The van der Waals surface area contributed by atoms with Gasteiger partial charge in [-0.05, 0) is 50.2 Å². The molecule has 2 rings (SSSR count). The number of allylic oxidation sites excluding steroid dienone is 2. The number of amides is 1. The van der Waals surface area contributed by atoms with Crippen LogP contribution in [0.15, 0.2) is 48.6 Å². The molecule has 0 saturated carbocycles. The molecule has 0 radical (unpaired) electrons. The predicted octanol–water partition coefficient (Wildman–Crippen LogP) is 3.80. The molecular weight excluding hydrogens is 274 g/mol. The Morgan fingerprint density at radius 3 is 2.95 bits per heavy atom. The molecule has 1 aliphatic rings. The van der Waals surface area contributed by atoms with Gasteiger partial charge in [0.25, 0.3) is 5.91 Å². The zero-order chi connectivity index (χ0) is 15.6. The van der Waals surface area contributed by atoms with Crippen LogP contribution in [0.3, 0.4) is 0 Å². The average Bonchev–Trinajstić information content (AvgIpc) is 2.55. The Morgan fingerprint density at radius 2 is 2.18 bits per heavy atom. The van der Waals surface area contributed by atoms with Crippen molar-refractivity contribution in [2.45, 2.75) is 38.5 Å². The van der Waals surface area contributed by atoms with Gasteiger partial charge in [0.2, 0.25) is 0 Å². The lowest BCUT2D eigenvalue weighted by Crippen LogP contribution is -2.30. The summed E-state index contributed by atoms with van der Waals surface area (Å²) in [6.45, 7) is 4.50. The van der Waals surface area contributed by atoms with Gasteiger partial charge in [0, 0.05) is 6.54 Å². The third-order valence-corrected chi connectivity index (χ3v) is 3.85. The fourth-order valence-corrected chi connectivity index (χ4v) is 2.66. The second-order valence-corrected chi connectivity index (χ2v) is 5.60. The van der Waals surface area contributed by atoms with E-state index in [9.17, 15) is 4.79 Å². The molecule has 1 aromatic carbocycles. The number of ether oxygens (including phenoxy) is 1. The third-order valence-electron chi connectivity index (χ3n) is 3.85. The van der Waals surface area contributed by atoms with Crippen molar-refractivity contribution in [1.29, 1.82) is 0 Å². The highest BCUT2D eigenvalue weighted by Crippen LogP contribution is 2.20. The maximum absolute atomic E-state index is 11.9. The number of carbonyl (C=O) groups is 1. The monoisotopic (exact) mass is 299 g/mol. The number of nitrogens with one attached hydrogen (secondary N) is 1. The van der Waals surface area contributed by atoms with Gasteiger partial charge in [-0.25, -0.2) is 0 Å². The molecule has 0 spiro atoms. The first-order chi connectivity index (χ1) is 10.8. The Labute approximate surface area is 133 Å². The molecule has 0 aromatic heterocycles. The van der Waals surface area contributed by atoms with Crippen LogP contribution < -0.4 is 10.1 Å². The predicted molar refractivity (Wildman–Crippen MR) is 90.0 cm³/mol. The van der Waals surface area contributed by atoms with E-state index in [2.05, 4.69) is 18.0 Å². The van der Waals surface area contributed by atoms with E-state index in [1.165, 1.54) is 31.3 Å². The topological polar surface area (TPSA) is 38.3 Å². The lowest BCUT2D eigenvalue weighted by molar-refractivity contribution is -0.123. The fraction of sp³-hybridized carbons (Fsp3) is 0.421. The first-order valence-electron chi connectivity index (χ1n) is 8.06. The third kappa shape index (κ3) is 5.40. The molecule has 0 atom stereocenters. The second-order valence-electron chi connectivity index (χ2n) is 5.60. The molecule has 22 heavy (non-hydrogen) atoms. The van der Waals surface area contributed by atoms with E-state index in [-0.39, 0.29) is 12.5 Å². The van der Waals surface area contributed by atoms with Crippen LogP contribution in [-0.4, -0.2) is 19.1 Å². The van der Waals surface area contributed by atoms with E-state index >= 15 is 0 Å². The Bertz CT molecular complexity index is 534. The van der Waals surface area contributed by atoms with Gasteiger partial charge in [-0.15, -0.1) is 6.58 Å². The minimum atomic E-state index is -0.0650. The molecular formula is C19H25NO2.